The Morgan fingerprint density at radius 2 is 1.73 bits per heavy atom. The summed E-state index contributed by atoms with van der Waals surface area (Å²) in [5, 5.41) is 5.52. The molecular weight excluding hydrogens is 322 g/mol. The molecule has 0 saturated carbocycles. The van der Waals surface area contributed by atoms with E-state index in [0.717, 1.165) is 34.4 Å². The van der Waals surface area contributed by atoms with Gasteiger partial charge in [0.05, 0.1) is 35.1 Å². The molecule has 0 radical (unpaired) electrons. The van der Waals surface area contributed by atoms with Gasteiger partial charge in [-0.25, -0.2) is 4.68 Å². The van der Waals surface area contributed by atoms with E-state index in [0.29, 0.717) is 5.56 Å². The van der Waals surface area contributed by atoms with E-state index in [-0.39, 0.29) is 12.2 Å². The van der Waals surface area contributed by atoms with Crippen LogP contribution in [-0.4, -0.2) is 20.5 Å². The molecule has 4 heteroatoms. The predicted molar refractivity (Wildman–Crippen MR) is 103 cm³/mol. The number of fused-ring (bicyclic) bond motifs is 1. The molecule has 0 unspecified atom stereocenters. The average molecular weight is 341 g/mol. The van der Waals surface area contributed by atoms with Crippen molar-refractivity contribution in [2.75, 3.05) is 0 Å². The van der Waals surface area contributed by atoms with Crippen LogP contribution in [0, 0.1) is 0 Å². The van der Waals surface area contributed by atoms with Gasteiger partial charge in [-0.15, -0.1) is 0 Å². The van der Waals surface area contributed by atoms with E-state index in [1.807, 2.05) is 78.3 Å². The summed E-state index contributed by atoms with van der Waals surface area (Å²) in [5.41, 5.74) is 4.26. The van der Waals surface area contributed by atoms with E-state index in [1.165, 1.54) is 0 Å². The molecule has 2 heterocycles. The Bertz CT molecular complexity index is 1070. The number of nitrogens with zero attached hydrogens (tertiary/aromatic N) is 3. The number of hydrogen-bond acceptors (Lipinski definition) is 3. The highest BCUT2D eigenvalue weighted by atomic mass is 16.1. The highest BCUT2D eigenvalue weighted by molar-refractivity contribution is 5.98. The summed E-state index contributed by atoms with van der Waals surface area (Å²) in [6.45, 7) is 2.04. The molecule has 0 fully saturated rings. The summed E-state index contributed by atoms with van der Waals surface area (Å²) < 4.78 is 1.85. The number of carbonyl (C=O) groups excluding carboxylic acids is 1. The topological polar surface area (TPSA) is 47.8 Å². The van der Waals surface area contributed by atoms with Gasteiger partial charge in [-0.1, -0.05) is 49.4 Å². The zero-order valence-corrected chi connectivity index (χ0v) is 14.6. The third-order valence-electron chi connectivity index (χ3n) is 4.50. The van der Waals surface area contributed by atoms with Gasteiger partial charge >= 0.3 is 0 Å². The first-order chi connectivity index (χ1) is 12.8. The molecule has 4 rings (SSSR count). The summed E-state index contributed by atoms with van der Waals surface area (Å²) in [7, 11) is 0. The molecule has 2 aromatic carbocycles. The van der Waals surface area contributed by atoms with E-state index in [1.54, 1.807) is 6.20 Å². The largest absolute Gasteiger partial charge is 0.294 e. The molecule has 128 valence electrons. The lowest BCUT2D eigenvalue weighted by Gasteiger charge is -2.07. The van der Waals surface area contributed by atoms with E-state index in [2.05, 4.69) is 10.1 Å². The first-order valence-corrected chi connectivity index (χ1v) is 8.76. The Morgan fingerprint density at radius 1 is 0.962 bits per heavy atom. The standard InChI is InChI=1S/C22H19N3O/c1-2-21-19(15-23-25(21)18-9-4-3-5-10-18)22(26)14-17-13-12-16-8-6-7-11-20(16)24-17/h3-13,15H,2,14H2,1H3. The molecular formula is C22H19N3O. The number of aromatic nitrogens is 3. The number of para-hydroxylation sites is 2. The Kier molecular flexibility index (Phi) is 4.32. The Hall–Kier alpha value is -3.27. The van der Waals surface area contributed by atoms with E-state index in [4.69, 9.17) is 0 Å². The molecule has 0 aliphatic heterocycles. The quantitative estimate of drug-likeness (QED) is 0.505. The lowest BCUT2D eigenvalue weighted by Crippen LogP contribution is -2.09. The van der Waals surface area contributed by atoms with E-state index < -0.39 is 0 Å². The van der Waals surface area contributed by atoms with Crippen molar-refractivity contribution >= 4 is 16.7 Å². The minimum absolute atomic E-state index is 0.0480. The second-order valence-electron chi connectivity index (χ2n) is 6.20. The van der Waals surface area contributed by atoms with Gasteiger partial charge in [-0.3, -0.25) is 9.78 Å². The Labute approximate surface area is 152 Å². The zero-order chi connectivity index (χ0) is 17.9. The molecule has 0 aliphatic carbocycles. The molecule has 0 aliphatic rings. The van der Waals surface area contributed by atoms with Crippen LogP contribution >= 0.6 is 0 Å². The van der Waals surface area contributed by atoms with Gasteiger partial charge in [0, 0.05) is 11.1 Å². The molecule has 26 heavy (non-hydrogen) atoms. The third kappa shape index (κ3) is 3.02. The molecule has 4 nitrogen and oxygen atoms in total. The van der Waals surface area contributed by atoms with Crippen LogP contribution in [-0.2, 0) is 12.8 Å². The Morgan fingerprint density at radius 3 is 2.54 bits per heavy atom. The number of benzene rings is 2. The minimum Gasteiger partial charge on any atom is -0.294 e. The lowest BCUT2D eigenvalue weighted by molar-refractivity contribution is 0.0991. The number of carbonyl (C=O) groups is 1. The summed E-state index contributed by atoms with van der Waals surface area (Å²) in [5.74, 6) is 0.0480. The van der Waals surface area contributed by atoms with E-state index in [9.17, 15) is 4.79 Å². The average Bonchev–Trinajstić information content (AvgIpc) is 3.13. The van der Waals surface area contributed by atoms with Gasteiger partial charge in [0.1, 0.15) is 0 Å². The van der Waals surface area contributed by atoms with Gasteiger partial charge in [0.25, 0.3) is 0 Å². The van der Waals surface area contributed by atoms with Crippen molar-refractivity contribution in [2.24, 2.45) is 0 Å². The van der Waals surface area contributed by atoms with Crippen molar-refractivity contribution in [1.29, 1.82) is 0 Å². The first kappa shape index (κ1) is 16.2. The number of Topliss-reactive ketones (excluding diaryl/α,β-unsaturated/α-hetero) is 1. The van der Waals surface area contributed by atoms with E-state index >= 15 is 0 Å². The maximum absolute atomic E-state index is 12.9. The molecule has 0 N–H and O–H groups in total. The van der Waals surface area contributed by atoms with Gasteiger partial charge in [-0.2, -0.15) is 5.10 Å². The predicted octanol–water partition coefficient (Wildman–Crippen LogP) is 4.41. The summed E-state index contributed by atoms with van der Waals surface area (Å²) in [4.78, 5) is 17.5. The lowest BCUT2D eigenvalue weighted by atomic mass is 10.0. The van der Waals surface area contributed by atoms with Gasteiger partial charge in [-0.05, 0) is 30.7 Å². The third-order valence-corrected chi connectivity index (χ3v) is 4.50. The molecule has 0 amide bonds. The first-order valence-electron chi connectivity index (χ1n) is 8.76. The number of pyridine rings is 1. The zero-order valence-electron chi connectivity index (χ0n) is 14.6. The SMILES string of the molecule is CCc1c(C(=O)Cc2ccc3ccccc3n2)cnn1-c1ccccc1. The fourth-order valence-electron chi connectivity index (χ4n) is 3.21. The monoisotopic (exact) mass is 341 g/mol. The summed E-state index contributed by atoms with van der Waals surface area (Å²) >= 11 is 0. The molecule has 4 aromatic rings. The Balaban J connectivity index is 1.64. The fourth-order valence-corrected chi connectivity index (χ4v) is 3.21. The van der Waals surface area contributed by atoms with Gasteiger partial charge in [0.2, 0.25) is 0 Å². The fraction of sp³-hybridized carbons (Fsp3) is 0.136. The highest BCUT2D eigenvalue weighted by Gasteiger charge is 2.18. The summed E-state index contributed by atoms with van der Waals surface area (Å²) in [6, 6.07) is 21.8. The number of ketones is 1. The molecule has 2 aromatic heterocycles. The maximum Gasteiger partial charge on any atom is 0.172 e. The van der Waals surface area contributed by atoms with Crippen LogP contribution in [0.15, 0.2) is 72.9 Å². The van der Waals surface area contributed by atoms with Crippen molar-refractivity contribution in [2.45, 2.75) is 19.8 Å². The van der Waals surface area contributed by atoms with Gasteiger partial charge in [0.15, 0.2) is 5.78 Å². The van der Waals surface area contributed by atoms with Gasteiger partial charge < -0.3 is 0 Å². The van der Waals surface area contributed by atoms with Crippen LogP contribution in [0.25, 0.3) is 16.6 Å². The van der Waals surface area contributed by atoms with Crippen LogP contribution in [0.1, 0.15) is 28.7 Å². The van der Waals surface area contributed by atoms with Crippen molar-refractivity contribution in [3.05, 3.63) is 89.9 Å². The smallest absolute Gasteiger partial charge is 0.172 e. The van der Waals surface area contributed by atoms with Crippen LogP contribution in [0.2, 0.25) is 0 Å². The van der Waals surface area contributed by atoms with Crippen LogP contribution in [0.4, 0.5) is 0 Å². The highest BCUT2D eigenvalue weighted by Crippen LogP contribution is 2.18. The van der Waals surface area contributed by atoms with Crippen molar-refractivity contribution < 1.29 is 4.79 Å². The molecule has 0 saturated heterocycles. The minimum atomic E-state index is 0.0480. The van der Waals surface area contributed by atoms with Crippen molar-refractivity contribution in [3.63, 3.8) is 0 Å². The number of rotatable bonds is 5. The summed E-state index contributed by atoms with van der Waals surface area (Å²) in [6.07, 6.45) is 2.69. The second kappa shape index (κ2) is 6.92. The van der Waals surface area contributed by atoms with Crippen LogP contribution in [0.3, 0.4) is 0 Å². The normalized spacial score (nSPS) is 11.0. The second-order valence-corrected chi connectivity index (χ2v) is 6.20. The molecule has 0 atom stereocenters. The van der Waals surface area contributed by atoms with Crippen molar-refractivity contribution in [3.8, 4) is 5.69 Å². The van der Waals surface area contributed by atoms with Crippen molar-refractivity contribution in [1.82, 2.24) is 14.8 Å². The van der Waals surface area contributed by atoms with Crippen LogP contribution < -0.4 is 0 Å². The number of hydrogen-bond donors (Lipinski definition) is 0. The maximum atomic E-state index is 12.9. The molecule has 0 bridgehead atoms. The molecule has 0 spiro atoms. The van der Waals surface area contributed by atoms with Crippen LogP contribution in [0.5, 0.6) is 0 Å².